The van der Waals surface area contributed by atoms with E-state index < -0.39 is 0 Å². The summed E-state index contributed by atoms with van der Waals surface area (Å²) in [6.45, 7) is 3.60. The third kappa shape index (κ3) is 2.42. The molecular formula is C13H12BrNO2. The first kappa shape index (κ1) is 11.9. The van der Waals surface area contributed by atoms with Crippen LogP contribution in [0.1, 0.15) is 27.4 Å². The third-order valence-electron chi connectivity index (χ3n) is 2.47. The molecular weight excluding hydrogens is 282 g/mol. The molecule has 0 amide bonds. The van der Waals surface area contributed by atoms with Gasteiger partial charge in [-0.2, -0.15) is 0 Å². The molecule has 0 radical (unpaired) electrons. The molecule has 0 aliphatic rings. The Morgan fingerprint density at radius 3 is 2.47 bits per heavy atom. The Bertz CT molecular complexity index is 567. The van der Waals surface area contributed by atoms with Gasteiger partial charge >= 0.3 is 0 Å². The Balaban J connectivity index is 2.47. The van der Waals surface area contributed by atoms with Crippen LogP contribution in [0.25, 0.3) is 0 Å². The van der Waals surface area contributed by atoms with E-state index in [1.165, 1.54) is 0 Å². The van der Waals surface area contributed by atoms with E-state index in [0.717, 1.165) is 10.2 Å². The number of benzene rings is 1. The second-order valence-electron chi connectivity index (χ2n) is 3.93. The fourth-order valence-corrected chi connectivity index (χ4v) is 2.27. The van der Waals surface area contributed by atoms with Crippen molar-refractivity contribution in [2.45, 2.75) is 13.8 Å². The molecule has 1 aromatic heterocycles. The maximum absolute atomic E-state index is 12.2. The lowest BCUT2D eigenvalue weighted by molar-refractivity contribution is 0.103. The quantitative estimate of drug-likeness (QED) is 0.681. The van der Waals surface area contributed by atoms with Crippen molar-refractivity contribution >= 4 is 27.4 Å². The van der Waals surface area contributed by atoms with Crippen LogP contribution in [0.4, 0.5) is 5.69 Å². The van der Waals surface area contributed by atoms with E-state index in [4.69, 9.17) is 10.2 Å². The zero-order valence-corrected chi connectivity index (χ0v) is 11.2. The largest absolute Gasteiger partial charge is 0.466 e. The van der Waals surface area contributed by atoms with Crippen molar-refractivity contribution < 1.29 is 9.21 Å². The van der Waals surface area contributed by atoms with E-state index in [-0.39, 0.29) is 5.78 Å². The average Bonchev–Trinajstić information content (AvgIpc) is 2.55. The number of ketones is 1. The van der Waals surface area contributed by atoms with Crippen LogP contribution in [0.5, 0.6) is 0 Å². The standard InChI is InChI=1S/C13H12BrNO2/c1-7-3-12(8(2)17-7)13(16)9-4-10(14)6-11(15)5-9/h3-6H,15H2,1-2H3. The lowest BCUT2D eigenvalue weighted by atomic mass is 10.0. The normalized spacial score (nSPS) is 10.5. The fourth-order valence-electron chi connectivity index (χ4n) is 1.76. The highest BCUT2D eigenvalue weighted by atomic mass is 79.9. The molecule has 88 valence electrons. The maximum Gasteiger partial charge on any atom is 0.196 e. The second-order valence-corrected chi connectivity index (χ2v) is 4.84. The highest BCUT2D eigenvalue weighted by Crippen LogP contribution is 2.22. The van der Waals surface area contributed by atoms with Crippen LogP contribution in [-0.4, -0.2) is 5.78 Å². The van der Waals surface area contributed by atoms with E-state index in [9.17, 15) is 4.79 Å². The summed E-state index contributed by atoms with van der Waals surface area (Å²) in [6, 6.07) is 6.91. The summed E-state index contributed by atoms with van der Waals surface area (Å²) in [6.07, 6.45) is 0. The molecule has 0 saturated carbocycles. The monoisotopic (exact) mass is 293 g/mol. The lowest BCUT2D eigenvalue weighted by Crippen LogP contribution is -2.02. The number of furan rings is 1. The Kier molecular flexibility index (Phi) is 3.07. The van der Waals surface area contributed by atoms with Crippen LogP contribution in [-0.2, 0) is 0 Å². The number of nitrogen functional groups attached to an aromatic ring is 1. The van der Waals surface area contributed by atoms with Gasteiger partial charge in [0.2, 0.25) is 0 Å². The van der Waals surface area contributed by atoms with Crippen LogP contribution in [0.2, 0.25) is 0 Å². The Labute approximate surface area is 108 Å². The summed E-state index contributed by atoms with van der Waals surface area (Å²) in [7, 11) is 0. The van der Waals surface area contributed by atoms with E-state index in [1.807, 2.05) is 6.92 Å². The second kappa shape index (κ2) is 4.37. The average molecular weight is 294 g/mol. The molecule has 2 N–H and O–H groups in total. The van der Waals surface area contributed by atoms with Gasteiger partial charge in [-0.3, -0.25) is 4.79 Å². The Morgan fingerprint density at radius 2 is 1.94 bits per heavy atom. The summed E-state index contributed by atoms with van der Waals surface area (Å²) in [4.78, 5) is 12.2. The minimum atomic E-state index is -0.0765. The van der Waals surface area contributed by atoms with Crippen LogP contribution in [0, 0.1) is 13.8 Å². The predicted octanol–water partition coefficient (Wildman–Crippen LogP) is 3.47. The molecule has 0 aliphatic carbocycles. The van der Waals surface area contributed by atoms with Gasteiger partial charge in [0.25, 0.3) is 0 Å². The van der Waals surface area contributed by atoms with Gasteiger partial charge in [-0.1, -0.05) is 15.9 Å². The predicted molar refractivity (Wildman–Crippen MR) is 70.2 cm³/mol. The van der Waals surface area contributed by atoms with Gasteiger partial charge in [0.1, 0.15) is 11.5 Å². The lowest BCUT2D eigenvalue weighted by Gasteiger charge is -2.02. The number of hydrogen-bond acceptors (Lipinski definition) is 3. The van der Waals surface area contributed by atoms with Crippen LogP contribution in [0.3, 0.4) is 0 Å². The fraction of sp³-hybridized carbons (Fsp3) is 0.154. The van der Waals surface area contributed by atoms with E-state index >= 15 is 0 Å². The zero-order valence-electron chi connectivity index (χ0n) is 9.58. The number of carbonyl (C=O) groups is 1. The van der Waals surface area contributed by atoms with E-state index in [0.29, 0.717) is 22.6 Å². The van der Waals surface area contributed by atoms with Crippen molar-refractivity contribution in [3.05, 3.63) is 51.4 Å². The van der Waals surface area contributed by atoms with Gasteiger partial charge in [-0.05, 0) is 38.1 Å². The van der Waals surface area contributed by atoms with Crippen molar-refractivity contribution in [3.63, 3.8) is 0 Å². The highest BCUT2D eigenvalue weighted by molar-refractivity contribution is 9.10. The molecule has 1 heterocycles. The molecule has 0 fully saturated rings. The van der Waals surface area contributed by atoms with Gasteiger partial charge in [0.05, 0.1) is 5.56 Å². The van der Waals surface area contributed by atoms with Crippen molar-refractivity contribution in [3.8, 4) is 0 Å². The summed E-state index contributed by atoms with van der Waals surface area (Å²) in [5, 5.41) is 0. The molecule has 0 saturated heterocycles. The number of rotatable bonds is 2. The Hall–Kier alpha value is -1.55. The van der Waals surface area contributed by atoms with Crippen LogP contribution in [0.15, 0.2) is 33.2 Å². The summed E-state index contributed by atoms with van der Waals surface area (Å²) < 4.78 is 6.14. The van der Waals surface area contributed by atoms with Gasteiger partial charge in [0, 0.05) is 15.7 Å². The maximum atomic E-state index is 12.2. The van der Waals surface area contributed by atoms with Crippen molar-refractivity contribution in [2.24, 2.45) is 0 Å². The van der Waals surface area contributed by atoms with Gasteiger partial charge in [-0.25, -0.2) is 0 Å². The number of halogens is 1. The summed E-state index contributed by atoms with van der Waals surface area (Å²) >= 11 is 3.32. The first-order valence-corrected chi connectivity index (χ1v) is 5.94. The van der Waals surface area contributed by atoms with Crippen LogP contribution < -0.4 is 5.73 Å². The zero-order chi connectivity index (χ0) is 12.6. The minimum Gasteiger partial charge on any atom is -0.466 e. The number of carbonyl (C=O) groups excluding carboxylic acids is 1. The van der Waals surface area contributed by atoms with Crippen molar-refractivity contribution in [1.29, 1.82) is 0 Å². The van der Waals surface area contributed by atoms with Gasteiger partial charge < -0.3 is 10.2 Å². The summed E-state index contributed by atoms with van der Waals surface area (Å²) in [5.74, 6) is 1.28. The molecule has 0 bridgehead atoms. The molecule has 2 rings (SSSR count). The third-order valence-corrected chi connectivity index (χ3v) is 2.93. The molecule has 17 heavy (non-hydrogen) atoms. The smallest absolute Gasteiger partial charge is 0.196 e. The number of aryl methyl sites for hydroxylation is 2. The number of anilines is 1. The molecule has 3 nitrogen and oxygen atoms in total. The van der Waals surface area contributed by atoms with Gasteiger partial charge in [-0.15, -0.1) is 0 Å². The SMILES string of the molecule is Cc1cc(C(=O)c2cc(N)cc(Br)c2)c(C)o1. The number of hydrogen-bond donors (Lipinski definition) is 1. The molecule has 0 aliphatic heterocycles. The van der Waals surface area contributed by atoms with Gasteiger partial charge in [0.15, 0.2) is 5.78 Å². The molecule has 0 spiro atoms. The molecule has 4 heteroatoms. The van der Waals surface area contributed by atoms with E-state index in [1.54, 1.807) is 31.2 Å². The van der Waals surface area contributed by atoms with E-state index in [2.05, 4.69) is 15.9 Å². The van der Waals surface area contributed by atoms with Crippen LogP contribution >= 0.6 is 15.9 Å². The minimum absolute atomic E-state index is 0.0765. The molecule has 0 atom stereocenters. The topological polar surface area (TPSA) is 56.2 Å². The highest BCUT2D eigenvalue weighted by Gasteiger charge is 2.16. The molecule has 1 aromatic carbocycles. The first-order valence-electron chi connectivity index (χ1n) is 5.15. The molecule has 2 aromatic rings. The molecule has 0 unspecified atom stereocenters. The van der Waals surface area contributed by atoms with Crippen molar-refractivity contribution in [1.82, 2.24) is 0 Å². The first-order chi connectivity index (χ1) is 7.97. The Morgan fingerprint density at radius 1 is 1.24 bits per heavy atom. The van der Waals surface area contributed by atoms with Crippen molar-refractivity contribution in [2.75, 3.05) is 5.73 Å². The summed E-state index contributed by atoms with van der Waals surface area (Å²) in [5.41, 5.74) is 7.41. The number of nitrogens with two attached hydrogens (primary N) is 1.